The normalized spacial score (nSPS) is 18.1. The van der Waals surface area contributed by atoms with E-state index in [2.05, 4.69) is 6.92 Å². The van der Waals surface area contributed by atoms with Gasteiger partial charge in [0.2, 0.25) is 0 Å². The van der Waals surface area contributed by atoms with Gasteiger partial charge in [0.05, 0.1) is 13.2 Å². The van der Waals surface area contributed by atoms with Crippen molar-refractivity contribution in [1.82, 2.24) is 0 Å². The van der Waals surface area contributed by atoms with Gasteiger partial charge < -0.3 is 14.2 Å². The summed E-state index contributed by atoms with van der Waals surface area (Å²) in [5, 5.41) is 0. The summed E-state index contributed by atoms with van der Waals surface area (Å²) >= 11 is 0. The number of Topliss-reactive ketones (excluding diaryl/α,β-unsaturated/α-hetero) is 1. The molecular weight excluding hydrogens is 416 g/mol. The second-order valence-corrected chi connectivity index (χ2v) is 9.49. The van der Waals surface area contributed by atoms with E-state index >= 15 is 0 Å². The smallest absolute Gasteiger partial charge is 0.337 e. The van der Waals surface area contributed by atoms with Crippen LogP contribution in [0, 0.1) is 5.92 Å². The van der Waals surface area contributed by atoms with Crippen molar-refractivity contribution >= 4 is 11.8 Å². The average molecular weight is 461 g/mol. The molecule has 2 atom stereocenters. The van der Waals surface area contributed by atoms with Crippen LogP contribution < -0.4 is 0 Å². The van der Waals surface area contributed by atoms with E-state index in [-0.39, 0.29) is 24.3 Å². The lowest BCUT2D eigenvalue weighted by Crippen LogP contribution is -2.25. The summed E-state index contributed by atoms with van der Waals surface area (Å²) < 4.78 is 16.8. The standard InChI is InChI=1S/C28H44O5/c1-4-5-6-7-8-9-10-11-12-13-14-15-20-31-27(30)25-21-32-28(33-25)24-18-16-23(17-19-24)26(29)22(2)3/h16-19,22,25,28H,4-15,20-21H2,1-3H3. The van der Waals surface area contributed by atoms with Gasteiger partial charge in [0, 0.05) is 17.0 Å². The molecule has 1 aromatic carbocycles. The van der Waals surface area contributed by atoms with Crippen molar-refractivity contribution in [3.8, 4) is 0 Å². The van der Waals surface area contributed by atoms with Crippen LogP contribution in [0.1, 0.15) is 120 Å². The molecule has 2 unspecified atom stereocenters. The van der Waals surface area contributed by atoms with E-state index in [4.69, 9.17) is 14.2 Å². The first-order valence-corrected chi connectivity index (χ1v) is 13.1. The van der Waals surface area contributed by atoms with Crippen LogP contribution in [0.2, 0.25) is 0 Å². The quantitative estimate of drug-likeness (QED) is 0.140. The van der Waals surface area contributed by atoms with Crippen molar-refractivity contribution in [2.24, 2.45) is 5.92 Å². The number of rotatable bonds is 17. The monoisotopic (exact) mass is 460 g/mol. The highest BCUT2D eigenvalue weighted by molar-refractivity contribution is 5.97. The summed E-state index contributed by atoms with van der Waals surface area (Å²) in [6.45, 7) is 6.65. The molecule has 0 N–H and O–H groups in total. The first-order valence-electron chi connectivity index (χ1n) is 13.1. The van der Waals surface area contributed by atoms with Crippen molar-refractivity contribution in [1.29, 1.82) is 0 Å². The second kappa shape index (κ2) is 16.0. The number of carbonyl (C=O) groups excluding carboxylic acids is 2. The van der Waals surface area contributed by atoms with E-state index in [1.807, 2.05) is 26.0 Å². The van der Waals surface area contributed by atoms with Crippen LogP contribution in [0.3, 0.4) is 0 Å². The molecule has 1 heterocycles. The molecule has 0 aromatic heterocycles. The van der Waals surface area contributed by atoms with Gasteiger partial charge in [-0.2, -0.15) is 0 Å². The summed E-state index contributed by atoms with van der Waals surface area (Å²) in [5.41, 5.74) is 1.47. The largest absolute Gasteiger partial charge is 0.464 e. The minimum absolute atomic E-state index is 0.0425. The Morgan fingerprint density at radius 1 is 0.879 bits per heavy atom. The van der Waals surface area contributed by atoms with Gasteiger partial charge in [0.15, 0.2) is 18.2 Å². The molecule has 5 nitrogen and oxygen atoms in total. The molecule has 0 amide bonds. The van der Waals surface area contributed by atoms with E-state index in [1.165, 1.54) is 64.2 Å². The van der Waals surface area contributed by atoms with Crippen molar-refractivity contribution in [2.45, 2.75) is 110 Å². The Bertz CT molecular complexity index is 682. The lowest BCUT2D eigenvalue weighted by Gasteiger charge is -2.12. The molecule has 0 saturated carbocycles. The highest BCUT2D eigenvalue weighted by Gasteiger charge is 2.33. The molecule has 1 aliphatic heterocycles. The molecule has 5 heteroatoms. The predicted molar refractivity (Wildman–Crippen MR) is 131 cm³/mol. The van der Waals surface area contributed by atoms with Gasteiger partial charge in [-0.05, 0) is 6.42 Å². The Morgan fingerprint density at radius 2 is 1.42 bits per heavy atom. The highest BCUT2D eigenvalue weighted by atomic mass is 16.7. The number of hydrogen-bond acceptors (Lipinski definition) is 5. The third-order valence-corrected chi connectivity index (χ3v) is 6.18. The van der Waals surface area contributed by atoms with Crippen molar-refractivity contribution in [3.05, 3.63) is 35.4 Å². The molecule has 1 aromatic rings. The van der Waals surface area contributed by atoms with Crippen LogP contribution in [-0.4, -0.2) is 31.1 Å². The summed E-state index contributed by atoms with van der Waals surface area (Å²) in [6.07, 6.45) is 14.0. The van der Waals surface area contributed by atoms with Crippen molar-refractivity contribution in [3.63, 3.8) is 0 Å². The highest BCUT2D eigenvalue weighted by Crippen LogP contribution is 2.28. The molecule has 0 spiro atoms. The van der Waals surface area contributed by atoms with Crippen LogP contribution in [0.15, 0.2) is 24.3 Å². The Morgan fingerprint density at radius 3 is 1.97 bits per heavy atom. The first-order chi connectivity index (χ1) is 16.0. The van der Waals surface area contributed by atoms with Gasteiger partial charge in [-0.15, -0.1) is 0 Å². The minimum Gasteiger partial charge on any atom is -0.464 e. The molecule has 0 bridgehead atoms. The SMILES string of the molecule is CCCCCCCCCCCCCCOC(=O)C1COC(c2ccc(C(=O)C(C)C)cc2)O1. The molecule has 1 fully saturated rings. The molecule has 0 radical (unpaired) electrons. The Labute approximate surface area is 200 Å². The average Bonchev–Trinajstić information content (AvgIpc) is 3.32. The molecule has 0 aliphatic carbocycles. The van der Waals surface area contributed by atoms with Crippen molar-refractivity contribution in [2.75, 3.05) is 13.2 Å². The maximum absolute atomic E-state index is 12.3. The molecule has 33 heavy (non-hydrogen) atoms. The molecule has 2 rings (SSSR count). The van der Waals surface area contributed by atoms with E-state index in [0.29, 0.717) is 12.2 Å². The predicted octanol–water partition coefficient (Wildman–Crippen LogP) is 7.18. The molecule has 1 saturated heterocycles. The zero-order valence-corrected chi connectivity index (χ0v) is 21.0. The third-order valence-electron chi connectivity index (χ3n) is 6.18. The number of ether oxygens (including phenoxy) is 3. The van der Waals surface area contributed by atoms with Crippen LogP contribution >= 0.6 is 0 Å². The Kier molecular flexibility index (Phi) is 13.3. The van der Waals surface area contributed by atoms with Gasteiger partial charge in [-0.1, -0.05) is 116 Å². The summed E-state index contributed by atoms with van der Waals surface area (Å²) in [4.78, 5) is 24.3. The lowest BCUT2D eigenvalue weighted by atomic mass is 10.00. The van der Waals surface area contributed by atoms with Gasteiger partial charge in [-0.3, -0.25) is 4.79 Å². The Hall–Kier alpha value is -1.72. The Balaban J connectivity index is 1.51. The number of benzene rings is 1. The topological polar surface area (TPSA) is 61.8 Å². The van der Waals surface area contributed by atoms with E-state index in [9.17, 15) is 9.59 Å². The lowest BCUT2D eigenvalue weighted by molar-refractivity contribution is -0.157. The second-order valence-electron chi connectivity index (χ2n) is 9.49. The van der Waals surface area contributed by atoms with Crippen LogP contribution in [0.5, 0.6) is 0 Å². The molecule has 1 aliphatic rings. The van der Waals surface area contributed by atoms with Gasteiger partial charge >= 0.3 is 5.97 Å². The minimum atomic E-state index is -0.690. The van der Waals surface area contributed by atoms with Crippen LogP contribution in [-0.2, 0) is 19.0 Å². The third kappa shape index (κ3) is 10.4. The van der Waals surface area contributed by atoms with Gasteiger partial charge in [-0.25, -0.2) is 4.79 Å². The molecular formula is C28H44O5. The van der Waals surface area contributed by atoms with Crippen LogP contribution in [0.25, 0.3) is 0 Å². The van der Waals surface area contributed by atoms with E-state index in [1.54, 1.807) is 12.1 Å². The number of carbonyl (C=O) groups is 2. The summed E-state index contributed by atoms with van der Waals surface area (Å²) in [6, 6.07) is 7.20. The van der Waals surface area contributed by atoms with Crippen molar-refractivity contribution < 1.29 is 23.8 Å². The fraction of sp³-hybridized carbons (Fsp3) is 0.714. The number of ketones is 1. The maximum Gasteiger partial charge on any atom is 0.337 e. The van der Waals surface area contributed by atoms with Crippen LogP contribution in [0.4, 0.5) is 0 Å². The number of hydrogen-bond donors (Lipinski definition) is 0. The zero-order chi connectivity index (χ0) is 23.9. The number of unbranched alkanes of at least 4 members (excludes halogenated alkanes) is 11. The summed E-state index contributed by atoms with van der Waals surface area (Å²) in [5.74, 6) is -0.291. The summed E-state index contributed by atoms with van der Waals surface area (Å²) in [7, 11) is 0. The van der Waals surface area contributed by atoms with E-state index in [0.717, 1.165) is 18.4 Å². The molecule has 186 valence electrons. The zero-order valence-electron chi connectivity index (χ0n) is 21.0. The fourth-order valence-electron chi connectivity index (χ4n) is 4.05. The van der Waals surface area contributed by atoms with E-state index < -0.39 is 12.4 Å². The maximum atomic E-state index is 12.3. The first kappa shape index (κ1) is 27.5. The fourth-order valence-corrected chi connectivity index (χ4v) is 4.05. The number of esters is 1. The van der Waals surface area contributed by atoms with Gasteiger partial charge in [0.25, 0.3) is 0 Å². The van der Waals surface area contributed by atoms with Gasteiger partial charge in [0.1, 0.15) is 0 Å².